The molecule has 15 heavy (non-hydrogen) atoms. The SMILES string of the molecule is O=C(Nc1cccc(O)c1)c1ccon1. The minimum absolute atomic E-state index is 0.0907. The van der Waals surface area contributed by atoms with Gasteiger partial charge in [-0.25, -0.2) is 0 Å². The summed E-state index contributed by atoms with van der Waals surface area (Å²) < 4.78 is 4.54. The molecule has 76 valence electrons. The minimum atomic E-state index is -0.380. The second kappa shape index (κ2) is 3.83. The molecule has 0 bridgehead atoms. The van der Waals surface area contributed by atoms with Gasteiger partial charge >= 0.3 is 0 Å². The summed E-state index contributed by atoms with van der Waals surface area (Å²) in [5.74, 6) is -0.290. The first-order valence-electron chi connectivity index (χ1n) is 4.26. The van der Waals surface area contributed by atoms with Crippen molar-refractivity contribution in [1.82, 2.24) is 5.16 Å². The van der Waals surface area contributed by atoms with Crippen LogP contribution in [-0.4, -0.2) is 16.2 Å². The zero-order valence-corrected chi connectivity index (χ0v) is 7.68. The Morgan fingerprint density at radius 2 is 2.27 bits per heavy atom. The first-order chi connectivity index (χ1) is 7.25. The second-order valence-electron chi connectivity index (χ2n) is 2.89. The molecule has 2 N–H and O–H groups in total. The molecule has 0 saturated heterocycles. The summed E-state index contributed by atoms with van der Waals surface area (Å²) in [4.78, 5) is 11.5. The average molecular weight is 204 g/mol. The van der Waals surface area contributed by atoms with E-state index in [1.807, 2.05) is 0 Å². The fourth-order valence-electron chi connectivity index (χ4n) is 1.11. The van der Waals surface area contributed by atoms with E-state index in [2.05, 4.69) is 15.0 Å². The van der Waals surface area contributed by atoms with Crippen LogP contribution in [0.5, 0.6) is 5.75 Å². The van der Waals surface area contributed by atoms with E-state index in [1.165, 1.54) is 24.5 Å². The van der Waals surface area contributed by atoms with E-state index in [0.29, 0.717) is 5.69 Å². The van der Waals surface area contributed by atoms with Crippen molar-refractivity contribution in [1.29, 1.82) is 0 Å². The number of hydrogen-bond acceptors (Lipinski definition) is 4. The van der Waals surface area contributed by atoms with Crippen molar-refractivity contribution >= 4 is 11.6 Å². The monoisotopic (exact) mass is 204 g/mol. The zero-order valence-electron chi connectivity index (χ0n) is 7.68. The molecule has 0 atom stereocenters. The third kappa shape index (κ3) is 2.14. The number of nitrogens with one attached hydrogen (secondary N) is 1. The summed E-state index contributed by atoms with van der Waals surface area (Å²) >= 11 is 0. The molecule has 0 fully saturated rings. The fourth-order valence-corrected chi connectivity index (χ4v) is 1.11. The number of carbonyl (C=O) groups is 1. The van der Waals surface area contributed by atoms with Gasteiger partial charge in [-0.2, -0.15) is 0 Å². The summed E-state index contributed by atoms with van der Waals surface area (Å²) in [5, 5.41) is 15.2. The van der Waals surface area contributed by atoms with Gasteiger partial charge in [0.15, 0.2) is 5.69 Å². The van der Waals surface area contributed by atoms with Gasteiger partial charge in [-0.1, -0.05) is 11.2 Å². The Morgan fingerprint density at radius 1 is 1.40 bits per heavy atom. The molecular formula is C10H8N2O3. The van der Waals surface area contributed by atoms with Gasteiger partial charge in [0.2, 0.25) is 0 Å². The molecule has 0 aliphatic rings. The largest absolute Gasteiger partial charge is 0.508 e. The molecule has 1 heterocycles. The van der Waals surface area contributed by atoms with Crippen LogP contribution in [0.25, 0.3) is 0 Å². The number of phenolic OH excluding ortho intramolecular Hbond substituents is 1. The molecule has 5 heteroatoms. The second-order valence-corrected chi connectivity index (χ2v) is 2.89. The van der Waals surface area contributed by atoms with Crippen LogP contribution in [-0.2, 0) is 0 Å². The van der Waals surface area contributed by atoms with Crippen LogP contribution in [0.3, 0.4) is 0 Å². The highest BCUT2D eigenvalue weighted by molar-refractivity contribution is 6.02. The number of amides is 1. The number of aromatic nitrogens is 1. The molecule has 1 aromatic carbocycles. The predicted octanol–water partition coefficient (Wildman–Crippen LogP) is 1.63. The Morgan fingerprint density at radius 3 is 2.93 bits per heavy atom. The highest BCUT2D eigenvalue weighted by atomic mass is 16.5. The van der Waals surface area contributed by atoms with Gasteiger partial charge < -0.3 is 14.9 Å². The normalized spacial score (nSPS) is 9.87. The van der Waals surface area contributed by atoms with Gasteiger partial charge in [-0.15, -0.1) is 0 Å². The highest BCUT2D eigenvalue weighted by Gasteiger charge is 2.08. The lowest BCUT2D eigenvalue weighted by Crippen LogP contribution is -2.11. The van der Waals surface area contributed by atoms with Crippen molar-refractivity contribution in [3.63, 3.8) is 0 Å². The van der Waals surface area contributed by atoms with Crippen molar-refractivity contribution in [2.24, 2.45) is 0 Å². The molecule has 2 aromatic rings. The van der Waals surface area contributed by atoms with Crippen LogP contribution in [0, 0.1) is 0 Å². The first kappa shape index (κ1) is 9.26. The Hall–Kier alpha value is -2.30. The van der Waals surface area contributed by atoms with Gasteiger partial charge in [0.25, 0.3) is 5.91 Å². The Bertz CT molecular complexity index is 465. The molecule has 0 aliphatic carbocycles. The van der Waals surface area contributed by atoms with Crippen molar-refractivity contribution in [3.05, 3.63) is 42.3 Å². The van der Waals surface area contributed by atoms with Gasteiger partial charge in [0.1, 0.15) is 12.0 Å². The molecule has 0 aliphatic heterocycles. The van der Waals surface area contributed by atoms with E-state index in [-0.39, 0.29) is 17.4 Å². The number of rotatable bonds is 2. The van der Waals surface area contributed by atoms with Gasteiger partial charge in [-0.05, 0) is 12.1 Å². The number of phenols is 1. The van der Waals surface area contributed by atoms with Crippen molar-refractivity contribution in [2.75, 3.05) is 5.32 Å². The number of anilines is 1. The molecule has 0 radical (unpaired) electrons. The lowest BCUT2D eigenvalue weighted by molar-refractivity contribution is 0.101. The van der Waals surface area contributed by atoms with Gasteiger partial charge in [0.05, 0.1) is 0 Å². The first-order valence-corrected chi connectivity index (χ1v) is 4.26. The van der Waals surface area contributed by atoms with E-state index in [9.17, 15) is 9.90 Å². The molecular weight excluding hydrogens is 196 g/mol. The van der Waals surface area contributed by atoms with Crippen LogP contribution in [0.15, 0.2) is 41.1 Å². The third-order valence-electron chi connectivity index (χ3n) is 1.77. The fraction of sp³-hybridized carbons (Fsp3) is 0. The molecule has 0 unspecified atom stereocenters. The van der Waals surface area contributed by atoms with Crippen LogP contribution in [0.2, 0.25) is 0 Å². The van der Waals surface area contributed by atoms with E-state index in [4.69, 9.17) is 0 Å². The average Bonchev–Trinajstić information content (AvgIpc) is 2.70. The summed E-state index contributed by atoms with van der Waals surface area (Å²) in [5.41, 5.74) is 0.696. The third-order valence-corrected chi connectivity index (χ3v) is 1.77. The summed E-state index contributed by atoms with van der Waals surface area (Å²) in [7, 11) is 0. The number of nitrogens with zero attached hydrogens (tertiary/aromatic N) is 1. The maximum absolute atomic E-state index is 11.5. The van der Waals surface area contributed by atoms with Crippen molar-refractivity contribution in [3.8, 4) is 5.75 Å². The van der Waals surface area contributed by atoms with E-state index in [1.54, 1.807) is 12.1 Å². The van der Waals surface area contributed by atoms with Crippen molar-refractivity contribution in [2.45, 2.75) is 0 Å². The maximum atomic E-state index is 11.5. The standard InChI is InChI=1S/C10H8N2O3/c13-8-3-1-2-7(6-8)11-10(14)9-4-5-15-12-9/h1-6,13H,(H,11,14). The Kier molecular flexibility index (Phi) is 2.37. The number of carbonyl (C=O) groups excluding carboxylic acids is 1. The lowest BCUT2D eigenvalue weighted by atomic mass is 10.3. The number of hydrogen-bond donors (Lipinski definition) is 2. The lowest BCUT2D eigenvalue weighted by Gasteiger charge is -2.02. The predicted molar refractivity (Wildman–Crippen MR) is 52.6 cm³/mol. The Labute approximate surface area is 85.3 Å². The van der Waals surface area contributed by atoms with Crippen molar-refractivity contribution < 1.29 is 14.4 Å². The van der Waals surface area contributed by atoms with Gasteiger partial charge in [0, 0.05) is 17.8 Å². The number of benzene rings is 1. The summed E-state index contributed by atoms with van der Waals surface area (Å²) in [6.07, 6.45) is 1.32. The maximum Gasteiger partial charge on any atom is 0.277 e. The smallest absolute Gasteiger partial charge is 0.277 e. The van der Waals surface area contributed by atoms with Crippen LogP contribution >= 0.6 is 0 Å². The van der Waals surface area contributed by atoms with Crippen LogP contribution < -0.4 is 5.32 Å². The van der Waals surface area contributed by atoms with E-state index >= 15 is 0 Å². The van der Waals surface area contributed by atoms with E-state index in [0.717, 1.165) is 0 Å². The molecule has 1 amide bonds. The molecule has 5 nitrogen and oxygen atoms in total. The number of aromatic hydroxyl groups is 1. The van der Waals surface area contributed by atoms with Crippen LogP contribution in [0.4, 0.5) is 5.69 Å². The van der Waals surface area contributed by atoms with Crippen LogP contribution in [0.1, 0.15) is 10.5 Å². The Balaban J connectivity index is 2.13. The molecule has 0 saturated carbocycles. The topological polar surface area (TPSA) is 75.4 Å². The molecule has 2 rings (SSSR count). The van der Waals surface area contributed by atoms with E-state index < -0.39 is 0 Å². The molecule has 1 aromatic heterocycles. The highest BCUT2D eigenvalue weighted by Crippen LogP contribution is 2.15. The summed E-state index contributed by atoms with van der Waals surface area (Å²) in [6, 6.07) is 7.72. The quantitative estimate of drug-likeness (QED) is 0.779. The van der Waals surface area contributed by atoms with Gasteiger partial charge in [-0.3, -0.25) is 4.79 Å². The zero-order chi connectivity index (χ0) is 10.7. The molecule has 0 spiro atoms. The minimum Gasteiger partial charge on any atom is -0.508 e. The summed E-state index contributed by atoms with van der Waals surface area (Å²) in [6.45, 7) is 0.